The highest BCUT2D eigenvalue weighted by Crippen LogP contribution is 2.35. The number of para-hydroxylation sites is 1. The highest BCUT2D eigenvalue weighted by Gasteiger charge is 2.29. The third-order valence-corrected chi connectivity index (χ3v) is 5.73. The highest BCUT2D eigenvalue weighted by molar-refractivity contribution is 6.30. The first kappa shape index (κ1) is 18.8. The smallest absolute Gasteiger partial charge is 0.254 e. The number of carbonyl (C=O) groups excluding carboxylic acids is 2. The molecule has 0 radical (unpaired) electrons. The molecule has 2 aliphatic rings. The Morgan fingerprint density at radius 2 is 1.75 bits per heavy atom. The molecule has 0 saturated carbocycles. The van der Waals surface area contributed by atoms with E-state index in [-0.39, 0.29) is 17.7 Å². The van der Waals surface area contributed by atoms with Crippen molar-refractivity contribution >= 4 is 23.4 Å². The zero-order valence-corrected chi connectivity index (χ0v) is 16.4. The SMILES string of the molecule is O=C(C[C@H]1CCOc2ccccc21)N1CCN(C(=O)c2cccc(Cl)c2)CC1. The van der Waals surface area contributed by atoms with Gasteiger partial charge in [-0.1, -0.05) is 35.9 Å². The first-order valence-corrected chi connectivity index (χ1v) is 10.0. The molecule has 2 aliphatic heterocycles. The largest absolute Gasteiger partial charge is 0.493 e. The summed E-state index contributed by atoms with van der Waals surface area (Å²) in [6, 6.07) is 15.0. The van der Waals surface area contributed by atoms with Gasteiger partial charge in [-0.05, 0) is 42.2 Å². The standard InChI is InChI=1S/C22H23ClN2O3/c23-18-5-3-4-17(14-18)22(27)25-11-9-24(10-12-25)21(26)15-16-8-13-28-20-7-2-1-6-19(16)20/h1-7,14,16H,8-13,15H2/t16-/m1/s1. The number of hydrogen-bond donors (Lipinski definition) is 0. The van der Waals surface area contributed by atoms with Crippen molar-refractivity contribution in [1.82, 2.24) is 9.80 Å². The Morgan fingerprint density at radius 1 is 1.00 bits per heavy atom. The molecule has 4 rings (SSSR count). The number of hydrogen-bond acceptors (Lipinski definition) is 3. The van der Waals surface area contributed by atoms with Crippen molar-refractivity contribution in [3.8, 4) is 5.75 Å². The van der Waals surface area contributed by atoms with Crippen molar-refractivity contribution in [3.05, 3.63) is 64.7 Å². The number of fused-ring (bicyclic) bond motifs is 1. The number of amides is 2. The fraction of sp³-hybridized carbons (Fsp3) is 0.364. The van der Waals surface area contributed by atoms with E-state index in [9.17, 15) is 9.59 Å². The lowest BCUT2D eigenvalue weighted by Gasteiger charge is -2.36. The fourth-order valence-electron chi connectivity index (χ4n) is 3.93. The summed E-state index contributed by atoms with van der Waals surface area (Å²) in [6.45, 7) is 2.87. The maximum absolute atomic E-state index is 12.8. The molecule has 1 saturated heterocycles. The number of piperazine rings is 1. The minimum atomic E-state index is -0.0343. The predicted molar refractivity (Wildman–Crippen MR) is 108 cm³/mol. The molecular weight excluding hydrogens is 376 g/mol. The topological polar surface area (TPSA) is 49.9 Å². The number of rotatable bonds is 3. The Kier molecular flexibility index (Phi) is 5.53. The van der Waals surface area contributed by atoms with E-state index in [1.807, 2.05) is 29.2 Å². The van der Waals surface area contributed by atoms with E-state index in [0.29, 0.717) is 49.8 Å². The summed E-state index contributed by atoms with van der Waals surface area (Å²) in [7, 11) is 0. The normalized spacial score (nSPS) is 19.0. The molecule has 0 unspecified atom stereocenters. The van der Waals surface area contributed by atoms with Gasteiger partial charge in [-0.15, -0.1) is 0 Å². The van der Waals surface area contributed by atoms with E-state index in [1.54, 1.807) is 29.2 Å². The first-order valence-electron chi connectivity index (χ1n) is 9.66. The third kappa shape index (κ3) is 3.99. The average Bonchev–Trinajstić information content (AvgIpc) is 2.73. The van der Waals surface area contributed by atoms with E-state index >= 15 is 0 Å². The van der Waals surface area contributed by atoms with Crippen LogP contribution in [0.15, 0.2) is 48.5 Å². The average molecular weight is 399 g/mol. The predicted octanol–water partition coefficient (Wildman–Crippen LogP) is 3.58. The van der Waals surface area contributed by atoms with Gasteiger partial charge >= 0.3 is 0 Å². The van der Waals surface area contributed by atoms with E-state index < -0.39 is 0 Å². The van der Waals surface area contributed by atoms with E-state index in [2.05, 4.69) is 0 Å². The van der Waals surface area contributed by atoms with Crippen LogP contribution < -0.4 is 4.74 Å². The monoisotopic (exact) mass is 398 g/mol. The van der Waals surface area contributed by atoms with Gasteiger partial charge in [0.15, 0.2) is 0 Å². The maximum Gasteiger partial charge on any atom is 0.254 e. The molecule has 6 heteroatoms. The molecule has 0 bridgehead atoms. The second-order valence-electron chi connectivity index (χ2n) is 7.26. The van der Waals surface area contributed by atoms with Gasteiger partial charge in [-0.25, -0.2) is 0 Å². The number of halogens is 1. The number of ether oxygens (including phenoxy) is 1. The summed E-state index contributed by atoms with van der Waals surface area (Å²) < 4.78 is 5.69. The molecule has 146 valence electrons. The molecule has 2 amide bonds. The summed E-state index contributed by atoms with van der Waals surface area (Å²) in [6.07, 6.45) is 1.35. The minimum absolute atomic E-state index is 0.0343. The van der Waals surface area contributed by atoms with Crippen molar-refractivity contribution in [2.75, 3.05) is 32.8 Å². The second kappa shape index (κ2) is 8.23. The molecule has 1 fully saturated rings. The molecule has 0 aromatic heterocycles. The number of carbonyl (C=O) groups is 2. The van der Waals surface area contributed by atoms with Crippen molar-refractivity contribution in [2.24, 2.45) is 0 Å². The summed E-state index contributed by atoms with van der Waals surface area (Å²) in [5.74, 6) is 1.21. The van der Waals surface area contributed by atoms with E-state index in [1.165, 1.54) is 0 Å². The molecule has 0 N–H and O–H groups in total. The van der Waals surface area contributed by atoms with Crippen molar-refractivity contribution in [3.63, 3.8) is 0 Å². The lowest BCUT2D eigenvalue weighted by Crippen LogP contribution is -2.50. The van der Waals surface area contributed by atoms with Gasteiger partial charge in [0.25, 0.3) is 5.91 Å². The van der Waals surface area contributed by atoms with Crippen LogP contribution in [0.2, 0.25) is 5.02 Å². The number of nitrogens with zero attached hydrogens (tertiary/aromatic N) is 2. The van der Waals surface area contributed by atoms with Gasteiger partial charge in [-0.2, -0.15) is 0 Å². The summed E-state index contributed by atoms with van der Waals surface area (Å²) >= 11 is 5.99. The highest BCUT2D eigenvalue weighted by atomic mass is 35.5. The van der Waals surface area contributed by atoms with Crippen LogP contribution in [0, 0.1) is 0 Å². The Hall–Kier alpha value is -2.53. The molecule has 0 aliphatic carbocycles. The van der Waals surface area contributed by atoms with Crippen molar-refractivity contribution < 1.29 is 14.3 Å². The van der Waals surface area contributed by atoms with Gasteiger partial charge in [0, 0.05) is 43.2 Å². The van der Waals surface area contributed by atoms with E-state index in [0.717, 1.165) is 17.7 Å². The van der Waals surface area contributed by atoms with Crippen molar-refractivity contribution in [2.45, 2.75) is 18.8 Å². The van der Waals surface area contributed by atoms with Gasteiger partial charge in [0.05, 0.1) is 6.61 Å². The fourth-order valence-corrected chi connectivity index (χ4v) is 4.12. The van der Waals surface area contributed by atoms with Crippen LogP contribution in [-0.2, 0) is 4.79 Å². The first-order chi connectivity index (χ1) is 13.6. The summed E-state index contributed by atoms with van der Waals surface area (Å²) in [5.41, 5.74) is 1.71. The molecule has 2 aromatic rings. The van der Waals surface area contributed by atoms with Crippen LogP contribution in [0.5, 0.6) is 5.75 Å². The Balaban J connectivity index is 1.34. The van der Waals surface area contributed by atoms with Crippen LogP contribution in [0.3, 0.4) is 0 Å². The molecule has 5 nitrogen and oxygen atoms in total. The molecule has 1 atom stereocenters. The quantitative estimate of drug-likeness (QED) is 0.794. The maximum atomic E-state index is 12.8. The zero-order chi connectivity index (χ0) is 19.5. The Bertz CT molecular complexity index is 878. The lowest BCUT2D eigenvalue weighted by atomic mass is 9.90. The lowest BCUT2D eigenvalue weighted by molar-refractivity contribution is -0.133. The molecular formula is C22H23ClN2O3. The van der Waals surface area contributed by atoms with Gasteiger partial charge in [0.1, 0.15) is 5.75 Å². The van der Waals surface area contributed by atoms with Crippen molar-refractivity contribution in [1.29, 1.82) is 0 Å². The van der Waals surface area contributed by atoms with Gasteiger partial charge < -0.3 is 14.5 Å². The van der Waals surface area contributed by atoms with E-state index in [4.69, 9.17) is 16.3 Å². The molecule has 28 heavy (non-hydrogen) atoms. The Morgan fingerprint density at radius 3 is 2.54 bits per heavy atom. The van der Waals surface area contributed by atoms with Gasteiger partial charge in [-0.3, -0.25) is 9.59 Å². The van der Waals surface area contributed by atoms with Crippen LogP contribution in [0.4, 0.5) is 0 Å². The van der Waals surface area contributed by atoms with Crippen LogP contribution in [-0.4, -0.2) is 54.4 Å². The molecule has 2 heterocycles. The van der Waals surface area contributed by atoms with Crippen LogP contribution in [0.1, 0.15) is 34.7 Å². The van der Waals surface area contributed by atoms with Crippen LogP contribution >= 0.6 is 11.6 Å². The summed E-state index contributed by atoms with van der Waals surface area (Å²) in [4.78, 5) is 29.1. The second-order valence-corrected chi connectivity index (χ2v) is 7.70. The van der Waals surface area contributed by atoms with Crippen LogP contribution in [0.25, 0.3) is 0 Å². The third-order valence-electron chi connectivity index (χ3n) is 5.49. The molecule has 2 aromatic carbocycles. The van der Waals surface area contributed by atoms with Gasteiger partial charge in [0.2, 0.25) is 5.91 Å². The Labute approximate surface area is 169 Å². The summed E-state index contributed by atoms with van der Waals surface area (Å²) in [5, 5.41) is 0.552. The minimum Gasteiger partial charge on any atom is -0.493 e. The number of benzene rings is 2. The molecule has 0 spiro atoms. The zero-order valence-electron chi connectivity index (χ0n) is 15.6.